The third-order valence-electron chi connectivity index (χ3n) is 4.08. The molecule has 1 aliphatic heterocycles. The molecular weight excluding hydrogens is 350 g/mol. The second-order valence-electron chi connectivity index (χ2n) is 7.66. The first-order valence-electron chi connectivity index (χ1n) is 8.39. The van der Waals surface area contributed by atoms with E-state index in [1.807, 2.05) is 0 Å². The molecule has 2 heterocycles. The van der Waals surface area contributed by atoms with Crippen molar-refractivity contribution in [1.82, 2.24) is 9.78 Å². The highest BCUT2D eigenvalue weighted by molar-refractivity contribution is 5.70. The van der Waals surface area contributed by atoms with Crippen molar-refractivity contribution in [2.45, 2.75) is 51.6 Å². The molecule has 0 bridgehead atoms. The van der Waals surface area contributed by atoms with Gasteiger partial charge in [-0.1, -0.05) is 0 Å². The molecule has 146 valence electrons. The van der Waals surface area contributed by atoms with Gasteiger partial charge in [0.1, 0.15) is 11.8 Å². The van der Waals surface area contributed by atoms with E-state index in [2.05, 4.69) is 5.10 Å². The lowest BCUT2D eigenvalue weighted by molar-refractivity contribution is -0.384. The predicted octanol–water partition coefficient (Wildman–Crippen LogP) is 2.91. The minimum Gasteiger partial charge on any atom is -0.460 e. The number of nitro groups is 1. The number of esters is 1. The molecule has 1 aliphatic rings. The molecule has 1 aromatic rings. The maximum Gasteiger partial charge on any atom is 0.331 e. The summed E-state index contributed by atoms with van der Waals surface area (Å²) >= 11 is 0. The lowest BCUT2D eigenvalue weighted by atomic mass is 9.95. The van der Waals surface area contributed by atoms with Crippen molar-refractivity contribution in [2.75, 3.05) is 18.0 Å². The van der Waals surface area contributed by atoms with Gasteiger partial charge in [0, 0.05) is 26.4 Å². The highest BCUT2D eigenvalue weighted by Crippen LogP contribution is 2.37. The Bertz CT molecular complexity index is 684. The largest absolute Gasteiger partial charge is 0.460 e. The van der Waals surface area contributed by atoms with Gasteiger partial charge in [0.2, 0.25) is 5.82 Å². The van der Waals surface area contributed by atoms with E-state index in [4.69, 9.17) is 4.74 Å². The van der Waals surface area contributed by atoms with Gasteiger partial charge in [-0.3, -0.25) is 14.9 Å². The molecular formula is C16H24F2N4O4. The van der Waals surface area contributed by atoms with Crippen molar-refractivity contribution in [1.29, 1.82) is 0 Å². The highest BCUT2D eigenvalue weighted by Gasteiger charge is 2.41. The fourth-order valence-corrected chi connectivity index (χ4v) is 3.17. The number of ether oxygens (including phenoxy) is 1. The van der Waals surface area contributed by atoms with Crippen molar-refractivity contribution < 1.29 is 23.2 Å². The fourth-order valence-electron chi connectivity index (χ4n) is 3.17. The first kappa shape index (κ1) is 20.1. The maximum atomic E-state index is 14.4. The van der Waals surface area contributed by atoms with Gasteiger partial charge >= 0.3 is 11.7 Å². The summed E-state index contributed by atoms with van der Waals surface area (Å²) in [5, 5.41) is 15.0. The van der Waals surface area contributed by atoms with Crippen LogP contribution in [0.4, 0.5) is 20.3 Å². The number of alkyl halides is 2. The zero-order valence-electron chi connectivity index (χ0n) is 15.4. The summed E-state index contributed by atoms with van der Waals surface area (Å²) in [5.41, 5.74) is -0.986. The van der Waals surface area contributed by atoms with E-state index in [9.17, 15) is 23.7 Å². The van der Waals surface area contributed by atoms with E-state index < -0.39 is 41.3 Å². The molecule has 0 aliphatic carbocycles. The molecule has 0 saturated carbocycles. The summed E-state index contributed by atoms with van der Waals surface area (Å²) in [4.78, 5) is 23.8. The van der Waals surface area contributed by atoms with Gasteiger partial charge in [-0.2, -0.15) is 5.10 Å². The van der Waals surface area contributed by atoms with Crippen molar-refractivity contribution in [3.05, 3.63) is 16.3 Å². The standard InChI is InChI=1S/C16H24F2N4O4/c1-15(2,3)26-13(23)7-11-5-6-21(10-16(17,18)8-11)14-12(22(24)25)9-19-20(14)4/h9,11H,5-8,10H2,1-4H3. The normalized spacial score (nSPS) is 20.5. The smallest absolute Gasteiger partial charge is 0.331 e. The molecule has 1 unspecified atom stereocenters. The van der Waals surface area contributed by atoms with E-state index >= 15 is 0 Å². The van der Waals surface area contributed by atoms with Gasteiger partial charge in [0.25, 0.3) is 5.92 Å². The number of carbonyl (C=O) groups excluding carboxylic acids is 1. The summed E-state index contributed by atoms with van der Waals surface area (Å²) in [5.74, 6) is -4.11. The van der Waals surface area contributed by atoms with Crippen LogP contribution in [0.1, 0.15) is 40.0 Å². The Morgan fingerprint density at radius 2 is 2.15 bits per heavy atom. The van der Waals surface area contributed by atoms with E-state index in [0.29, 0.717) is 6.42 Å². The summed E-state index contributed by atoms with van der Waals surface area (Å²) in [6, 6.07) is 0. The third-order valence-corrected chi connectivity index (χ3v) is 4.08. The summed E-state index contributed by atoms with van der Waals surface area (Å²) in [7, 11) is 1.48. The molecule has 0 aromatic carbocycles. The second kappa shape index (κ2) is 7.16. The number of rotatable bonds is 4. The van der Waals surface area contributed by atoms with Crippen LogP contribution in [0.3, 0.4) is 0 Å². The van der Waals surface area contributed by atoms with Crippen molar-refractivity contribution in [3.8, 4) is 0 Å². The number of anilines is 1. The average Bonchev–Trinajstić information content (AvgIpc) is 2.75. The number of halogens is 2. The SMILES string of the molecule is Cn1ncc([N+](=O)[O-])c1N1CCC(CC(=O)OC(C)(C)C)CC(F)(F)C1. The second-order valence-corrected chi connectivity index (χ2v) is 7.66. The van der Waals surface area contributed by atoms with Gasteiger partial charge in [0.15, 0.2) is 0 Å². The quantitative estimate of drug-likeness (QED) is 0.457. The summed E-state index contributed by atoms with van der Waals surface area (Å²) < 4.78 is 35.3. The van der Waals surface area contributed by atoms with Crippen LogP contribution in [0.25, 0.3) is 0 Å². The molecule has 1 saturated heterocycles. The van der Waals surface area contributed by atoms with Gasteiger partial charge in [0.05, 0.1) is 11.5 Å². The van der Waals surface area contributed by atoms with Crippen LogP contribution >= 0.6 is 0 Å². The third kappa shape index (κ3) is 5.12. The molecule has 0 radical (unpaired) electrons. The van der Waals surface area contributed by atoms with Crippen LogP contribution in [-0.2, 0) is 16.6 Å². The molecule has 1 fully saturated rings. The number of carbonyl (C=O) groups is 1. The minimum absolute atomic E-state index is 0.0487. The van der Waals surface area contributed by atoms with Crippen LogP contribution in [0.15, 0.2) is 6.20 Å². The first-order valence-corrected chi connectivity index (χ1v) is 8.39. The first-order chi connectivity index (χ1) is 11.9. The molecule has 10 heteroatoms. The van der Waals surface area contributed by atoms with E-state index in [0.717, 1.165) is 6.20 Å². The Hall–Kier alpha value is -2.26. The summed E-state index contributed by atoms with van der Waals surface area (Å²) in [6.45, 7) is 4.67. The van der Waals surface area contributed by atoms with Crippen LogP contribution in [0, 0.1) is 16.0 Å². The van der Waals surface area contributed by atoms with Crippen LogP contribution in [0.5, 0.6) is 0 Å². The van der Waals surface area contributed by atoms with Crippen LogP contribution in [-0.4, -0.2) is 45.3 Å². The molecule has 1 aromatic heterocycles. The Morgan fingerprint density at radius 3 is 2.73 bits per heavy atom. The Morgan fingerprint density at radius 1 is 1.50 bits per heavy atom. The van der Waals surface area contributed by atoms with E-state index in [1.54, 1.807) is 20.8 Å². The number of aromatic nitrogens is 2. The Labute approximate surface area is 150 Å². The van der Waals surface area contributed by atoms with Gasteiger partial charge < -0.3 is 9.64 Å². The molecule has 8 nitrogen and oxygen atoms in total. The zero-order chi connectivity index (χ0) is 19.7. The Balaban J connectivity index is 2.16. The number of aryl methyl sites for hydroxylation is 1. The van der Waals surface area contributed by atoms with E-state index in [-0.39, 0.29) is 24.5 Å². The Kier molecular flexibility index (Phi) is 5.52. The molecule has 0 spiro atoms. The van der Waals surface area contributed by atoms with Gasteiger partial charge in [-0.15, -0.1) is 0 Å². The van der Waals surface area contributed by atoms with Crippen molar-refractivity contribution >= 4 is 17.5 Å². The molecule has 0 N–H and O–H groups in total. The molecule has 0 amide bonds. The number of hydrogen-bond acceptors (Lipinski definition) is 6. The lowest BCUT2D eigenvalue weighted by Gasteiger charge is -2.25. The monoisotopic (exact) mass is 374 g/mol. The molecule has 2 rings (SSSR count). The van der Waals surface area contributed by atoms with Gasteiger partial charge in [-0.05, 0) is 33.1 Å². The van der Waals surface area contributed by atoms with Crippen molar-refractivity contribution in [2.24, 2.45) is 13.0 Å². The minimum atomic E-state index is -3.08. The lowest BCUT2D eigenvalue weighted by Crippen LogP contribution is -2.36. The fraction of sp³-hybridized carbons (Fsp3) is 0.750. The number of hydrogen-bond donors (Lipinski definition) is 0. The van der Waals surface area contributed by atoms with Crippen molar-refractivity contribution in [3.63, 3.8) is 0 Å². The van der Waals surface area contributed by atoms with E-state index in [1.165, 1.54) is 16.6 Å². The highest BCUT2D eigenvalue weighted by atomic mass is 19.3. The van der Waals surface area contributed by atoms with Gasteiger partial charge in [-0.25, -0.2) is 13.5 Å². The predicted molar refractivity (Wildman–Crippen MR) is 90.2 cm³/mol. The topological polar surface area (TPSA) is 90.5 Å². The molecule has 1 atom stereocenters. The number of nitrogens with zero attached hydrogens (tertiary/aromatic N) is 4. The maximum absolute atomic E-state index is 14.4. The average molecular weight is 374 g/mol. The zero-order valence-corrected chi connectivity index (χ0v) is 15.4. The van der Waals surface area contributed by atoms with Crippen LogP contribution in [0.2, 0.25) is 0 Å². The summed E-state index contributed by atoms with van der Waals surface area (Å²) in [6.07, 6.45) is 0.788. The molecule has 26 heavy (non-hydrogen) atoms. The van der Waals surface area contributed by atoms with Crippen LogP contribution < -0.4 is 4.90 Å².